The normalized spacial score (nSPS) is 11.2. The summed E-state index contributed by atoms with van der Waals surface area (Å²) < 4.78 is 12.2. The molecule has 0 saturated carbocycles. The number of hydrogen-bond acceptors (Lipinski definition) is 6. The highest BCUT2D eigenvalue weighted by Crippen LogP contribution is 2.29. The van der Waals surface area contributed by atoms with Crippen molar-refractivity contribution in [3.05, 3.63) is 81.9 Å². The van der Waals surface area contributed by atoms with Crippen molar-refractivity contribution in [1.29, 1.82) is 0 Å². The Bertz CT molecular complexity index is 1670. The van der Waals surface area contributed by atoms with Crippen LogP contribution >= 0.6 is 11.6 Å². The fourth-order valence-corrected chi connectivity index (χ4v) is 4.45. The van der Waals surface area contributed by atoms with E-state index < -0.39 is 0 Å². The number of ether oxygens (including phenoxy) is 1. The Morgan fingerprint density at radius 3 is 2.69 bits per heavy atom. The molecular weight excluding hydrogens is 480 g/mol. The Kier molecular flexibility index (Phi) is 6.20. The Morgan fingerprint density at radius 2 is 1.94 bits per heavy atom. The Hall–Kier alpha value is -4.17. The van der Waals surface area contributed by atoms with E-state index in [1.54, 1.807) is 54.3 Å². The largest absolute Gasteiger partial charge is 0.497 e. The molecule has 0 aliphatic carbocycles. The summed E-state index contributed by atoms with van der Waals surface area (Å²) in [4.78, 5) is 32.8. The number of benzene rings is 3. The number of oxazole rings is 1. The van der Waals surface area contributed by atoms with Gasteiger partial charge < -0.3 is 14.1 Å². The first kappa shape index (κ1) is 23.6. The Morgan fingerprint density at radius 1 is 1.11 bits per heavy atom. The summed E-state index contributed by atoms with van der Waals surface area (Å²) in [6.07, 6.45) is 0. The highest BCUT2D eigenvalue weighted by Gasteiger charge is 2.20. The van der Waals surface area contributed by atoms with Crippen LogP contribution < -0.4 is 15.2 Å². The quantitative estimate of drug-likeness (QED) is 0.316. The first-order valence-corrected chi connectivity index (χ1v) is 11.8. The van der Waals surface area contributed by atoms with Crippen molar-refractivity contribution in [3.63, 3.8) is 0 Å². The lowest BCUT2D eigenvalue weighted by atomic mass is 10.0. The average molecular weight is 503 g/mol. The van der Waals surface area contributed by atoms with Gasteiger partial charge in [0.05, 0.1) is 18.2 Å². The number of aromatic nitrogens is 3. The van der Waals surface area contributed by atoms with Gasteiger partial charge in [-0.15, -0.1) is 0 Å². The third-order valence-electron chi connectivity index (χ3n) is 5.96. The summed E-state index contributed by atoms with van der Waals surface area (Å²) in [5, 5.41) is 6.18. The molecule has 36 heavy (non-hydrogen) atoms. The second kappa shape index (κ2) is 9.47. The number of hydrogen-bond donors (Lipinski definition) is 0. The van der Waals surface area contributed by atoms with Crippen molar-refractivity contribution in [1.82, 2.24) is 14.8 Å². The van der Waals surface area contributed by atoms with Crippen molar-refractivity contribution >= 4 is 45.1 Å². The molecule has 0 fully saturated rings. The van der Waals surface area contributed by atoms with Gasteiger partial charge in [-0.1, -0.05) is 23.7 Å². The van der Waals surface area contributed by atoms with E-state index >= 15 is 0 Å². The molecule has 0 spiro atoms. The van der Waals surface area contributed by atoms with Gasteiger partial charge in [-0.25, -0.2) is 9.67 Å². The molecule has 0 N–H and O–H groups in total. The summed E-state index contributed by atoms with van der Waals surface area (Å²) in [5.41, 5.74) is 2.85. The molecule has 5 aromatic rings. The number of fused-ring (bicyclic) bond motifs is 2. The SMILES string of the molecule is CCN(C(=O)Cn1nc(-c2cccc(Cl)c2)c2ccc(OC)cc2c1=O)c1ccc2nc(C)oc2c1. The first-order chi connectivity index (χ1) is 17.4. The molecule has 0 saturated heterocycles. The lowest BCUT2D eigenvalue weighted by molar-refractivity contribution is -0.119. The van der Waals surface area contributed by atoms with E-state index in [0.717, 1.165) is 5.56 Å². The van der Waals surface area contributed by atoms with Gasteiger partial charge in [0.2, 0.25) is 5.91 Å². The predicted molar refractivity (Wildman–Crippen MR) is 140 cm³/mol. The molecule has 0 unspecified atom stereocenters. The summed E-state index contributed by atoms with van der Waals surface area (Å²) in [7, 11) is 1.54. The number of likely N-dealkylation sites (N-methyl/N-ethyl adjacent to an activating group) is 1. The minimum absolute atomic E-state index is 0.249. The second-order valence-electron chi connectivity index (χ2n) is 8.26. The summed E-state index contributed by atoms with van der Waals surface area (Å²) in [5.74, 6) is 0.793. The highest BCUT2D eigenvalue weighted by atomic mass is 35.5. The van der Waals surface area contributed by atoms with Crippen molar-refractivity contribution in [2.24, 2.45) is 0 Å². The topological polar surface area (TPSA) is 90.5 Å². The van der Waals surface area contributed by atoms with Crippen molar-refractivity contribution in [2.45, 2.75) is 20.4 Å². The van der Waals surface area contributed by atoms with Gasteiger partial charge in [0.15, 0.2) is 11.5 Å². The van der Waals surface area contributed by atoms with Crippen LogP contribution in [0.5, 0.6) is 5.75 Å². The molecule has 1 amide bonds. The average Bonchev–Trinajstić information content (AvgIpc) is 3.25. The maximum Gasteiger partial charge on any atom is 0.275 e. The molecule has 3 aromatic carbocycles. The standard InChI is InChI=1S/C27H23ClN4O4/c1-4-31(19-8-11-23-24(13-19)36-16(2)29-23)25(33)15-32-27(34)22-14-20(35-3)9-10-21(22)26(30-32)17-6-5-7-18(28)12-17/h5-14H,4,15H2,1-3H3. The van der Waals surface area contributed by atoms with E-state index in [2.05, 4.69) is 10.1 Å². The van der Waals surface area contributed by atoms with Crippen LogP contribution in [0.1, 0.15) is 12.8 Å². The van der Waals surface area contributed by atoms with E-state index in [1.807, 2.05) is 25.1 Å². The molecule has 2 aromatic heterocycles. The summed E-state index contributed by atoms with van der Waals surface area (Å²) in [6, 6.07) is 17.8. The minimum Gasteiger partial charge on any atom is -0.497 e. The number of nitrogens with zero attached hydrogens (tertiary/aromatic N) is 4. The number of aryl methyl sites for hydroxylation is 1. The van der Waals surface area contributed by atoms with Gasteiger partial charge in [0.1, 0.15) is 17.8 Å². The number of carbonyl (C=O) groups is 1. The zero-order chi connectivity index (χ0) is 25.4. The van der Waals surface area contributed by atoms with Gasteiger partial charge in [-0.05, 0) is 49.4 Å². The van der Waals surface area contributed by atoms with E-state index in [0.29, 0.717) is 56.5 Å². The van der Waals surface area contributed by atoms with Crippen LogP contribution in [-0.2, 0) is 11.3 Å². The molecule has 0 radical (unpaired) electrons. The summed E-state index contributed by atoms with van der Waals surface area (Å²) >= 11 is 6.23. The van der Waals surface area contributed by atoms with Crippen LogP contribution in [0.2, 0.25) is 5.02 Å². The number of carbonyl (C=O) groups excluding carboxylic acids is 1. The minimum atomic E-state index is -0.389. The number of halogens is 1. The monoisotopic (exact) mass is 502 g/mol. The number of anilines is 1. The third kappa shape index (κ3) is 4.31. The van der Waals surface area contributed by atoms with E-state index in [-0.39, 0.29) is 18.0 Å². The molecule has 0 aliphatic rings. The first-order valence-electron chi connectivity index (χ1n) is 11.4. The molecule has 2 heterocycles. The Balaban J connectivity index is 1.59. The van der Waals surface area contributed by atoms with Crippen LogP contribution in [-0.4, -0.2) is 34.3 Å². The van der Waals surface area contributed by atoms with Crippen LogP contribution in [0.15, 0.2) is 69.9 Å². The zero-order valence-electron chi connectivity index (χ0n) is 20.0. The molecule has 0 aliphatic heterocycles. The fourth-order valence-electron chi connectivity index (χ4n) is 4.26. The number of rotatable bonds is 6. The van der Waals surface area contributed by atoms with Gasteiger partial charge in [-0.2, -0.15) is 5.10 Å². The van der Waals surface area contributed by atoms with Crippen molar-refractivity contribution in [3.8, 4) is 17.0 Å². The van der Waals surface area contributed by atoms with Gasteiger partial charge in [0, 0.05) is 41.2 Å². The molecule has 182 valence electrons. The third-order valence-corrected chi connectivity index (χ3v) is 6.19. The highest BCUT2D eigenvalue weighted by molar-refractivity contribution is 6.30. The molecule has 0 atom stereocenters. The van der Waals surface area contributed by atoms with Crippen LogP contribution in [0.4, 0.5) is 5.69 Å². The van der Waals surface area contributed by atoms with Crippen molar-refractivity contribution < 1.29 is 13.9 Å². The lowest BCUT2D eigenvalue weighted by Crippen LogP contribution is -2.37. The summed E-state index contributed by atoms with van der Waals surface area (Å²) in [6.45, 7) is 3.79. The van der Waals surface area contributed by atoms with Gasteiger partial charge in [-0.3, -0.25) is 9.59 Å². The van der Waals surface area contributed by atoms with E-state index in [1.165, 1.54) is 11.8 Å². The zero-order valence-corrected chi connectivity index (χ0v) is 20.7. The number of amides is 1. The van der Waals surface area contributed by atoms with Gasteiger partial charge >= 0.3 is 0 Å². The second-order valence-corrected chi connectivity index (χ2v) is 8.69. The maximum absolute atomic E-state index is 13.4. The Labute approximate surface area is 211 Å². The van der Waals surface area contributed by atoms with Crippen LogP contribution in [0.3, 0.4) is 0 Å². The number of methoxy groups -OCH3 is 1. The maximum atomic E-state index is 13.4. The van der Waals surface area contributed by atoms with Crippen LogP contribution in [0, 0.1) is 6.92 Å². The predicted octanol–water partition coefficient (Wildman–Crippen LogP) is 5.23. The fraction of sp³-hybridized carbons (Fsp3) is 0.185. The molecule has 0 bridgehead atoms. The van der Waals surface area contributed by atoms with E-state index in [9.17, 15) is 9.59 Å². The van der Waals surface area contributed by atoms with Crippen LogP contribution in [0.25, 0.3) is 33.1 Å². The van der Waals surface area contributed by atoms with Crippen molar-refractivity contribution in [2.75, 3.05) is 18.6 Å². The molecule has 9 heteroatoms. The molecular formula is C27H23ClN4O4. The lowest BCUT2D eigenvalue weighted by Gasteiger charge is -2.21. The molecule has 5 rings (SSSR count). The smallest absolute Gasteiger partial charge is 0.275 e. The van der Waals surface area contributed by atoms with Gasteiger partial charge in [0.25, 0.3) is 5.56 Å². The van der Waals surface area contributed by atoms with E-state index in [4.69, 9.17) is 20.8 Å². The molecule has 8 nitrogen and oxygen atoms in total.